The minimum Gasteiger partial charge on any atom is -0.497 e. The SMILES string of the molecule is COc1cccc(CC(CO)Cc2ccsc2)c1. The Hall–Kier alpha value is -1.32. The number of thiophene rings is 1. The van der Waals surface area contributed by atoms with Crippen molar-refractivity contribution in [3.63, 3.8) is 0 Å². The van der Waals surface area contributed by atoms with Crippen LogP contribution in [0.25, 0.3) is 0 Å². The van der Waals surface area contributed by atoms with Gasteiger partial charge in [0.2, 0.25) is 0 Å². The molecule has 1 atom stereocenters. The molecule has 0 spiro atoms. The third kappa shape index (κ3) is 3.59. The minimum absolute atomic E-state index is 0.215. The average molecular weight is 262 g/mol. The van der Waals surface area contributed by atoms with E-state index < -0.39 is 0 Å². The predicted octanol–water partition coefficient (Wildman–Crippen LogP) is 3.15. The van der Waals surface area contributed by atoms with Gasteiger partial charge in [-0.15, -0.1) is 0 Å². The van der Waals surface area contributed by atoms with Gasteiger partial charge in [0.25, 0.3) is 0 Å². The van der Waals surface area contributed by atoms with Gasteiger partial charge in [-0.25, -0.2) is 0 Å². The van der Waals surface area contributed by atoms with Crippen molar-refractivity contribution in [2.75, 3.05) is 13.7 Å². The molecule has 0 aliphatic rings. The fourth-order valence-electron chi connectivity index (χ4n) is 2.08. The lowest BCUT2D eigenvalue weighted by Gasteiger charge is -2.14. The molecule has 2 aromatic rings. The first-order valence-corrected chi connectivity index (χ1v) is 7.01. The van der Waals surface area contributed by atoms with Crippen LogP contribution in [0, 0.1) is 5.92 Å². The highest BCUT2D eigenvalue weighted by molar-refractivity contribution is 7.07. The van der Waals surface area contributed by atoms with E-state index in [-0.39, 0.29) is 12.5 Å². The summed E-state index contributed by atoms with van der Waals surface area (Å²) in [4.78, 5) is 0. The number of rotatable bonds is 6. The van der Waals surface area contributed by atoms with Crippen molar-refractivity contribution in [3.05, 3.63) is 52.2 Å². The normalized spacial score (nSPS) is 12.3. The summed E-state index contributed by atoms with van der Waals surface area (Å²) < 4.78 is 5.22. The maximum atomic E-state index is 9.48. The molecular formula is C15H18O2S. The molecule has 1 aromatic heterocycles. The second-order valence-corrected chi connectivity index (χ2v) is 5.22. The molecular weight excluding hydrogens is 244 g/mol. The molecule has 1 N–H and O–H groups in total. The Morgan fingerprint density at radius 2 is 2.06 bits per heavy atom. The van der Waals surface area contributed by atoms with Crippen molar-refractivity contribution in [1.29, 1.82) is 0 Å². The van der Waals surface area contributed by atoms with Gasteiger partial charge in [-0.05, 0) is 58.8 Å². The van der Waals surface area contributed by atoms with Gasteiger partial charge in [-0.3, -0.25) is 0 Å². The van der Waals surface area contributed by atoms with Crippen LogP contribution in [-0.2, 0) is 12.8 Å². The number of ether oxygens (including phenoxy) is 1. The second-order valence-electron chi connectivity index (χ2n) is 4.44. The lowest BCUT2D eigenvalue weighted by Crippen LogP contribution is -2.12. The molecule has 2 rings (SSSR count). The Bertz CT molecular complexity index is 465. The zero-order chi connectivity index (χ0) is 12.8. The van der Waals surface area contributed by atoms with Crippen molar-refractivity contribution >= 4 is 11.3 Å². The molecule has 0 amide bonds. The molecule has 0 fully saturated rings. The lowest BCUT2D eigenvalue weighted by atomic mass is 9.94. The number of methoxy groups -OCH3 is 1. The molecule has 0 saturated heterocycles. The molecule has 1 aromatic carbocycles. The number of hydrogen-bond acceptors (Lipinski definition) is 3. The smallest absolute Gasteiger partial charge is 0.119 e. The van der Waals surface area contributed by atoms with Crippen LogP contribution in [0.2, 0.25) is 0 Å². The zero-order valence-electron chi connectivity index (χ0n) is 10.5. The standard InChI is InChI=1S/C15H18O2S/c1-17-15-4-2-3-12(9-15)7-14(10-16)8-13-5-6-18-11-13/h2-6,9,11,14,16H,7-8,10H2,1H3. The first kappa shape index (κ1) is 13.1. The summed E-state index contributed by atoms with van der Waals surface area (Å²) in [5.41, 5.74) is 2.52. The summed E-state index contributed by atoms with van der Waals surface area (Å²) in [5, 5.41) is 13.7. The highest BCUT2D eigenvalue weighted by Crippen LogP contribution is 2.19. The number of aliphatic hydroxyl groups excluding tert-OH is 1. The largest absolute Gasteiger partial charge is 0.497 e. The zero-order valence-corrected chi connectivity index (χ0v) is 11.3. The van der Waals surface area contributed by atoms with Crippen molar-refractivity contribution < 1.29 is 9.84 Å². The Morgan fingerprint density at radius 1 is 1.22 bits per heavy atom. The number of benzene rings is 1. The van der Waals surface area contributed by atoms with Gasteiger partial charge in [-0.2, -0.15) is 11.3 Å². The van der Waals surface area contributed by atoms with Gasteiger partial charge in [0, 0.05) is 6.61 Å². The molecule has 0 aliphatic heterocycles. The molecule has 1 heterocycles. The van der Waals surface area contributed by atoms with Gasteiger partial charge in [0.1, 0.15) is 5.75 Å². The monoisotopic (exact) mass is 262 g/mol. The summed E-state index contributed by atoms with van der Waals surface area (Å²) in [6.45, 7) is 0.215. The Morgan fingerprint density at radius 3 is 2.72 bits per heavy atom. The van der Waals surface area contributed by atoms with E-state index in [0.717, 1.165) is 18.6 Å². The highest BCUT2D eigenvalue weighted by Gasteiger charge is 2.10. The maximum absolute atomic E-state index is 9.48. The molecule has 2 nitrogen and oxygen atoms in total. The molecule has 0 bridgehead atoms. The molecule has 0 saturated carbocycles. The van der Waals surface area contributed by atoms with Crippen molar-refractivity contribution in [1.82, 2.24) is 0 Å². The fourth-order valence-corrected chi connectivity index (χ4v) is 2.76. The van der Waals surface area contributed by atoms with E-state index in [1.165, 1.54) is 11.1 Å². The van der Waals surface area contributed by atoms with Gasteiger partial charge < -0.3 is 9.84 Å². The van der Waals surface area contributed by atoms with E-state index >= 15 is 0 Å². The molecule has 0 aliphatic carbocycles. The van der Waals surface area contributed by atoms with Crippen LogP contribution in [-0.4, -0.2) is 18.8 Å². The van der Waals surface area contributed by atoms with Crippen LogP contribution < -0.4 is 4.74 Å². The molecule has 1 unspecified atom stereocenters. The van der Waals surface area contributed by atoms with Crippen LogP contribution in [0.4, 0.5) is 0 Å². The second kappa shape index (κ2) is 6.57. The van der Waals surface area contributed by atoms with Crippen LogP contribution in [0.15, 0.2) is 41.1 Å². The average Bonchev–Trinajstić information content (AvgIpc) is 2.91. The van der Waals surface area contributed by atoms with Gasteiger partial charge in [-0.1, -0.05) is 12.1 Å². The number of aliphatic hydroxyl groups is 1. The quantitative estimate of drug-likeness (QED) is 0.866. The van der Waals surface area contributed by atoms with Crippen LogP contribution in [0.3, 0.4) is 0 Å². The van der Waals surface area contributed by atoms with Crippen LogP contribution in [0.5, 0.6) is 5.75 Å². The first-order valence-electron chi connectivity index (χ1n) is 6.06. The summed E-state index contributed by atoms with van der Waals surface area (Å²) in [5.74, 6) is 1.14. The van der Waals surface area contributed by atoms with Gasteiger partial charge in [0.15, 0.2) is 0 Å². The van der Waals surface area contributed by atoms with Gasteiger partial charge >= 0.3 is 0 Å². The summed E-state index contributed by atoms with van der Waals surface area (Å²) in [6, 6.07) is 10.2. The first-order chi connectivity index (χ1) is 8.81. The van der Waals surface area contributed by atoms with Gasteiger partial charge in [0.05, 0.1) is 7.11 Å². The molecule has 96 valence electrons. The molecule has 3 heteroatoms. The van der Waals surface area contributed by atoms with Crippen molar-refractivity contribution in [3.8, 4) is 5.75 Å². The van der Waals surface area contributed by atoms with Crippen molar-refractivity contribution in [2.45, 2.75) is 12.8 Å². The van der Waals surface area contributed by atoms with E-state index in [1.54, 1.807) is 18.4 Å². The molecule has 18 heavy (non-hydrogen) atoms. The molecule has 0 radical (unpaired) electrons. The summed E-state index contributed by atoms with van der Waals surface area (Å²) in [6.07, 6.45) is 1.81. The Labute approximate surface area is 112 Å². The third-order valence-electron chi connectivity index (χ3n) is 3.02. The van der Waals surface area contributed by atoms with E-state index in [4.69, 9.17) is 4.74 Å². The lowest BCUT2D eigenvalue weighted by molar-refractivity contribution is 0.225. The summed E-state index contributed by atoms with van der Waals surface area (Å²) >= 11 is 1.70. The van der Waals surface area contributed by atoms with Crippen LogP contribution >= 0.6 is 11.3 Å². The highest BCUT2D eigenvalue weighted by atomic mass is 32.1. The summed E-state index contributed by atoms with van der Waals surface area (Å²) in [7, 11) is 1.67. The van der Waals surface area contributed by atoms with E-state index in [9.17, 15) is 5.11 Å². The van der Waals surface area contributed by atoms with E-state index in [1.807, 2.05) is 18.2 Å². The minimum atomic E-state index is 0.215. The fraction of sp³-hybridized carbons (Fsp3) is 0.333. The Kier molecular flexibility index (Phi) is 4.79. The number of hydrogen-bond donors (Lipinski definition) is 1. The van der Waals surface area contributed by atoms with Crippen molar-refractivity contribution in [2.24, 2.45) is 5.92 Å². The van der Waals surface area contributed by atoms with Crippen LogP contribution in [0.1, 0.15) is 11.1 Å². The van der Waals surface area contributed by atoms with E-state index in [2.05, 4.69) is 22.9 Å². The topological polar surface area (TPSA) is 29.5 Å². The predicted molar refractivity (Wildman–Crippen MR) is 75.3 cm³/mol. The third-order valence-corrected chi connectivity index (χ3v) is 3.75. The Balaban J connectivity index is 2.00. The maximum Gasteiger partial charge on any atom is 0.119 e. The van der Waals surface area contributed by atoms with E-state index in [0.29, 0.717) is 0 Å².